The second-order valence-corrected chi connectivity index (χ2v) is 12.0. The van der Waals surface area contributed by atoms with Crippen molar-refractivity contribution in [3.63, 3.8) is 0 Å². The Hall–Kier alpha value is -3.17. The Morgan fingerprint density at radius 2 is 1.63 bits per heavy atom. The van der Waals surface area contributed by atoms with Crippen molar-refractivity contribution < 1.29 is 18.0 Å². The average Bonchev–Trinajstić information content (AvgIpc) is 2.91. The molecule has 0 spiro atoms. The number of nitrogens with zero attached hydrogens (tertiary/aromatic N) is 2. The number of benzene rings is 3. The Labute approximate surface area is 234 Å². The lowest BCUT2D eigenvalue weighted by atomic mass is 10.1. The predicted molar refractivity (Wildman–Crippen MR) is 154 cm³/mol. The molecule has 2 amide bonds. The quantitative estimate of drug-likeness (QED) is 0.328. The fraction of sp³-hybridized carbons (Fsp3) is 0.310. The summed E-state index contributed by atoms with van der Waals surface area (Å²) in [4.78, 5) is 28.4. The second kappa shape index (κ2) is 13.1. The van der Waals surface area contributed by atoms with Gasteiger partial charge in [0.15, 0.2) is 0 Å². The van der Waals surface area contributed by atoms with Gasteiger partial charge in [0.2, 0.25) is 11.8 Å². The first-order valence-corrected chi connectivity index (χ1v) is 14.7. The Kier molecular flexibility index (Phi) is 10.1. The number of anilines is 1. The van der Waals surface area contributed by atoms with Crippen molar-refractivity contribution in [1.82, 2.24) is 10.2 Å². The molecule has 0 heterocycles. The van der Waals surface area contributed by atoms with Crippen LogP contribution in [0.15, 0.2) is 82.2 Å². The van der Waals surface area contributed by atoms with Gasteiger partial charge >= 0.3 is 0 Å². The molecule has 0 radical (unpaired) electrons. The zero-order valence-electron chi connectivity index (χ0n) is 22.1. The maximum atomic E-state index is 13.9. The van der Waals surface area contributed by atoms with Gasteiger partial charge in [-0.3, -0.25) is 13.9 Å². The van der Waals surface area contributed by atoms with Crippen molar-refractivity contribution in [2.24, 2.45) is 0 Å². The molecule has 3 rings (SSSR count). The molecule has 9 heteroatoms. The monoisotopic (exact) mass is 599 g/mol. The van der Waals surface area contributed by atoms with E-state index in [1.165, 1.54) is 17.0 Å². The molecule has 0 bridgehead atoms. The summed E-state index contributed by atoms with van der Waals surface area (Å²) < 4.78 is 29.8. The third kappa shape index (κ3) is 7.23. The van der Waals surface area contributed by atoms with E-state index in [4.69, 9.17) is 0 Å². The third-order valence-corrected chi connectivity index (χ3v) is 8.53. The number of amides is 2. The zero-order chi connectivity index (χ0) is 27.9. The lowest BCUT2D eigenvalue weighted by Crippen LogP contribution is -2.51. The molecule has 0 aromatic heterocycles. The number of hydrogen-bond acceptors (Lipinski definition) is 4. The van der Waals surface area contributed by atoms with Crippen LogP contribution >= 0.6 is 15.9 Å². The summed E-state index contributed by atoms with van der Waals surface area (Å²) in [7, 11) is -4.08. The Bertz CT molecular complexity index is 1360. The van der Waals surface area contributed by atoms with Crippen LogP contribution in [-0.4, -0.2) is 44.3 Å². The number of aryl methyl sites for hydroxylation is 2. The van der Waals surface area contributed by atoms with Gasteiger partial charge in [-0.2, -0.15) is 0 Å². The van der Waals surface area contributed by atoms with Crippen molar-refractivity contribution in [2.75, 3.05) is 17.4 Å². The Balaban J connectivity index is 2.04. The number of carbonyl (C=O) groups is 2. The molecule has 38 heavy (non-hydrogen) atoms. The number of halogens is 1. The van der Waals surface area contributed by atoms with E-state index in [-0.39, 0.29) is 17.3 Å². The minimum absolute atomic E-state index is 0.0851. The number of carbonyl (C=O) groups excluding carboxylic acids is 2. The number of rotatable bonds is 11. The van der Waals surface area contributed by atoms with Crippen LogP contribution in [0.1, 0.15) is 37.0 Å². The first-order valence-electron chi connectivity index (χ1n) is 12.5. The van der Waals surface area contributed by atoms with Crippen LogP contribution in [0.4, 0.5) is 5.69 Å². The van der Waals surface area contributed by atoms with Crippen molar-refractivity contribution >= 4 is 43.5 Å². The predicted octanol–water partition coefficient (Wildman–Crippen LogP) is 5.20. The number of sulfonamides is 1. The first-order chi connectivity index (χ1) is 18.0. The molecule has 202 valence electrons. The van der Waals surface area contributed by atoms with Gasteiger partial charge < -0.3 is 10.2 Å². The maximum Gasteiger partial charge on any atom is 0.264 e. The van der Waals surface area contributed by atoms with Gasteiger partial charge in [0.05, 0.1) is 10.6 Å². The Morgan fingerprint density at radius 1 is 0.974 bits per heavy atom. The first kappa shape index (κ1) is 29.4. The fourth-order valence-corrected chi connectivity index (χ4v) is 5.74. The topological polar surface area (TPSA) is 86.8 Å². The van der Waals surface area contributed by atoms with E-state index in [0.717, 1.165) is 31.9 Å². The molecule has 0 aliphatic rings. The summed E-state index contributed by atoms with van der Waals surface area (Å²) in [5, 5.41) is 2.85. The van der Waals surface area contributed by atoms with Crippen LogP contribution in [-0.2, 0) is 26.2 Å². The summed E-state index contributed by atoms with van der Waals surface area (Å²) in [5.74, 6) is -0.769. The van der Waals surface area contributed by atoms with Crippen molar-refractivity contribution in [1.29, 1.82) is 0 Å². The average molecular weight is 601 g/mol. The van der Waals surface area contributed by atoms with E-state index in [1.54, 1.807) is 31.2 Å². The maximum absolute atomic E-state index is 13.9. The number of hydrogen-bond donors (Lipinski definition) is 1. The minimum atomic E-state index is -4.08. The van der Waals surface area contributed by atoms with E-state index in [2.05, 4.69) is 21.2 Å². The molecule has 1 N–H and O–H groups in total. The molecular formula is C29H34BrN3O4S. The van der Waals surface area contributed by atoms with Gasteiger partial charge in [-0.05, 0) is 74.2 Å². The standard InChI is InChI=1S/C29H34BrN3O4S/c1-5-17-31-29(35)23(4)32(19-24-13-15-25(30)16-14-24)28(34)20-33(27-18-21(2)11-12-22(27)3)38(36,37)26-9-7-6-8-10-26/h6-16,18,23H,5,17,19-20H2,1-4H3,(H,31,35)/t23-/m1/s1. The van der Waals surface area contributed by atoms with Gasteiger partial charge in [0.25, 0.3) is 10.0 Å². The molecule has 0 unspecified atom stereocenters. The van der Waals surface area contributed by atoms with Crippen LogP contribution in [0.25, 0.3) is 0 Å². The van der Waals surface area contributed by atoms with Gasteiger partial charge in [0.1, 0.15) is 12.6 Å². The molecule has 3 aromatic rings. The normalized spacial score (nSPS) is 12.0. The lowest BCUT2D eigenvalue weighted by molar-refractivity contribution is -0.139. The van der Waals surface area contributed by atoms with E-state index in [1.807, 2.05) is 57.2 Å². The van der Waals surface area contributed by atoms with Crippen molar-refractivity contribution in [3.05, 3.63) is 94.0 Å². The molecule has 0 fully saturated rings. The molecule has 1 atom stereocenters. The van der Waals surface area contributed by atoms with Gasteiger partial charge in [0, 0.05) is 17.6 Å². The highest BCUT2D eigenvalue weighted by atomic mass is 79.9. The highest BCUT2D eigenvalue weighted by Gasteiger charge is 2.33. The largest absolute Gasteiger partial charge is 0.354 e. The fourth-order valence-electron chi connectivity index (χ4n) is 3.99. The van der Waals surface area contributed by atoms with E-state index in [9.17, 15) is 18.0 Å². The summed E-state index contributed by atoms with van der Waals surface area (Å²) in [6, 6.07) is 20.2. The highest BCUT2D eigenvalue weighted by Crippen LogP contribution is 2.28. The van der Waals surface area contributed by atoms with Gasteiger partial charge in [-0.1, -0.05) is 65.3 Å². The van der Waals surface area contributed by atoms with Gasteiger partial charge in [-0.15, -0.1) is 0 Å². The summed E-state index contributed by atoms with van der Waals surface area (Å²) in [6.07, 6.45) is 0.759. The Morgan fingerprint density at radius 3 is 2.26 bits per heavy atom. The molecule has 7 nitrogen and oxygen atoms in total. The second-order valence-electron chi connectivity index (χ2n) is 9.23. The van der Waals surface area contributed by atoms with E-state index < -0.39 is 28.5 Å². The molecule has 0 saturated heterocycles. The molecule has 3 aromatic carbocycles. The molecule has 0 aliphatic carbocycles. The van der Waals surface area contributed by atoms with Gasteiger partial charge in [-0.25, -0.2) is 8.42 Å². The van der Waals surface area contributed by atoms with Crippen molar-refractivity contribution in [3.8, 4) is 0 Å². The molecule has 0 aliphatic heterocycles. The summed E-state index contributed by atoms with van der Waals surface area (Å²) in [5.41, 5.74) is 2.83. The molecule has 0 saturated carbocycles. The minimum Gasteiger partial charge on any atom is -0.354 e. The third-order valence-electron chi connectivity index (χ3n) is 6.23. The highest BCUT2D eigenvalue weighted by molar-refractivity contribution is 9.10. The van der Waals surface area contributed by atoms with Crippen LogP contribution in [0, 0.1) is 13.8 Å². The summed E-state index contributed by atoms with van der Waals surface area (Å²) >= 11 is 3.42. The van der Waals surface area contributed by atoms with Crippen LogP contribution < -0.4 is 9.62 Å². The van der Waals surface area contributed by atoms with E-state index >= 15 is 0 Å². The van der Waals surface area contributed by atoms with Crippen LogP contribution in [0.3, 0.4) is 0 Å². The smallest absolute Gasteiger partial charge is 0.264 e. The van der Waals surface area contributed by atoms with E-state index in [0.29, 0.717) is 12.2 Å². The number of nitrogens with one attached hydrogen (secondary N) is 1. The molecular weight excluding hydrogens is 566 g/mol. The summed E-state index contributed by atoms with van der Waals surface area (Å²) in [6.45, 7) is 7.48. The van der Waals surface area contributed by atoms with Crippen LogP contribution in [0.2, 0.25) is 0 Å². The lowest BCUT2D eigenvalue weighted by Gasteiger charge is -2.32. The van der Waals surface area contributed by atoms with Crippen LogP contribution in [0.5, 0.6) is 0 Å². The SMILES string of the molecule is CCCNC(=O)[C@@H](C)N(Cc1ccc(Br)cc1)C(=O)CN(c1cc(C)ccc1C)S(=O)(=O)c1ccccc1. The zero-order valence-corrected chi connectivity index (χ0v) is 24.6. The van der Waals surface area contributed by atoms with Crippen molar-refractivity contribution in [2.45, 2.75) is 51.6 Å².